The minimum Gasteiger partial charge on any atom is -0.467 e. The van der Waals surface area contributed by atoms with Crippen molar-refractivity contribution in [2.45, 2.75) is 32.2 Å². The fraction of sp³-hybridized carbons (Fsp3) is 0.538. The molecule has 2 heterocycles. The first kappa shape index (κ1) is 13.1. The molecule has 0 radical (unpaired) electrons. The second kappa shape index (κ2) is 5.52. The summed E-state index contributed by atoms with van der Waals surface area (Å²) in [5.41, 5.74) is 1.68. The van der Waals surface area contributed by atoms with Crippen molar-refractivity contribution in [3.05, 3.63) is 21.9 Å². The molecule has 1 aliphatic heterocycles. The average Bonchev–Trinajstić information content (AvgIpc) is 2.83. The van der Waals surface area contributed by atoms with Crippen LogP contribution in [0, 0.1) is 6.92 Å². The van der Waals surface area contributed by atoms with Gasteiger partial charge in [-0.15, -0.1) is 0 Å². The maximum atomic E-state index is 12.4. The third-order valence-electron chi connectivity index (χ3n) is 3.32. The van der Waals surface area contributed by atoms with Gasteiger partial charge >= 0.3 is 5.97 Å². The van der Waals surface area contributed by atoms with Gasteiger partial charge in [0.15, 0.2) is 0 Å². The van der Waals surface area contributed by atoms with Crippen molar-refractivity contribution in [2.24, 2.45) is 0 Å². The predicted octanol–water partition coefficient (Wildman–Crippen LogP) is 2.22. The Hall–Kier alpha value is -1.36. The number of esters is 1. The van der Waals surface area contributed by atoms with Crippen molar-refractivity contribution in [2.75, 3.05) is 13.7 Å². The molecule has 0 aliphatic carbocycles. The number of hydrogen-bond donors (Lipinski definition) is 0. The maximum absolute atomic E-state index is 12.4. The Labute approximate surface area is 111 Å². The van der Waals surface area contributed by atoms with E-state index in [0.29, 0.717) is 18.5 Å². The first-order valence-electron chi connectivity index (χ1n) is 6.06. The molecule has 1 aromatic rings. The SMILES string of the molecule is COC(=O)[C@H]1CCCCN1C(=O)c1cscc1C. The van der Waals surface area contributed by atoms with Crippen LogP contribution in [0.15, 0.2) is 10.8 Å². The molecule has 1 fully saturated rings. The summed E-state index contributed by atoms with van der Waals surface area (Å²) in [5.74, 6) is -0.361. The van der Waals surface area contributed by atoms with Crippen LogP contribution in [-0.2, 0) is 9.53 Å². The number of amides is 1. The van der Waals surface area contributed by atoms with Crippen LogP contribution in [0.4, 0.5) is 0 Å². The van der Waals surface area contributed by atoms with Crippen LogP contribution in [0.2, 0.25) is 0 Å². The maximum Gasteiger partial charge on any atom is 0.328 e. The number of ether oxygens (including phenoxy) is 1. The fourth-order valence-electron chi connectivity index (χ4n) is 2.29. The van der Waals surface area contributed by atoms with Crippen LogP contribution >= 0.6 is 11.3 Å². The van der Waals surface area contributed by atoms with E-state index < -0.39 is 6.04 Å². The summed E-state index contributed by atoms with van der Waals surface area (Å²) in [7, 11) is 1.37. The summed E-state index contributed by atoms with van der Waals surface area (Å²) >= 11 is 1.51. The third-order valence-corrected chi connectivity index (χ3v) is 4.18. The lowest BCUT2D eigenvalue weighted by atomic mass is 10.0. The van der Waals surface area contributed by atoms with Crippen LogP contribution in [0.25, 0.3) is 0 Å². The molecule has 0 N–H and O–H groups in total. The van der Waals surface area contributed by atoms with E-state index in [1.807, 2.05) is 17.7 Å². The van der Waals surface area contributed by atoms with Crippen LogP contribution in [0.5, 0.6) is 0 Å². The molecular formula is C13H17NO3S. The Kier molecular flexibility index (Phi) is 4.01. The Morgan fingerprint density at radius 2 is 2.17 bits per heavy atom. The normalized spacial score (nSPS) is 19.7. The van der Waals surface area contributed by atoms with Crippen molar-refractivity contribution in [1.29, 1.82) is 0 Å². The van der Waals surface area contributed by atoms with Crippen molar-refractivity contribution < 1.29 is 14.3 Å². The molecule has 2 rings (SSSR count). The Bertz CT molecular complexity index is 455. The number of thiophene rings is 1. The number of likely N-dealkylation sites (tertiary alicyclic amines) is 1. The van der Waals surface area contributed by atoms with Gasteiger partial charge in [-0.1, -0.05) is 0 Å². The van der Waals surface area contributed by atoms with Crippen LogP contribution < -0.4 is 0 Å². The van der Waals surface area contributed by atoms with Crippen molar-refractivity contribution in [3.63, 3.8) is 0 Å². The number of rotatable bonds is 2. The molecule has 1 atom stereocenters. The molecule has 1 aromatic heterocycles. The van der Waals surface area contributed by atoms with Crippen LogP contribution in [0.3, 0.4) is 0 Å². The highest BCUT2D eigenvalue weighted by atomic mass is 32.1. The second-order valence-corrected chi connectivity index (χ2v) is 5.25. The van der Waals surface area contributed by atoms with Gasteiger partial charge in [-0.25, -0.2) is 4.79 Å². The van der Waals surface area contributed by atoms with Gasteiger partial charge < -0.3 is 9.64 Å². The zero-order chi connectivity index (χ0) is 13.1. The van der Waals surface area contributed by atoms with E-state index in [9.17, 15) is 9.59 Å². The van der Waals surface area contributed by atoms with Gasteiger partial charge in [0, 0.05) is 11.9 Å². The number of nitrogens with zero attached hydrogens (tertiary/aromatic N) is 1. The lowest BCUT2D eigenvalue weighted by Gasteiger charge is -2.33. The molecule has 98 valence electrons. The predicted molar refractivity (Wildman–Crippen MR) is 69.7 cm³/mol. The highest BCUT2D eigenvalue weighted by Crippen LogP contribution is 2.23. The van der Waals surface area contributed by atoms with E-state index in [4.69, 9.17) is 4.74 Å². The van der Waals surface area contributed by atoms with Crippen molar-refractivity contribution >= 4 is 23.2 Å². The smallest absolute Gasteiger partial charge is 0.328 e. The van der Waals surface area contributed by atoms with Gasteiger partial charge in [-0.05, 0) is 37.1 Å². The Morgan fingerprint density at radius 3 is 2.78 bits per heavy atom. The standard InChI is InChI=1S/C13H17NO3S/c1-9-7-18-8-10(9)12(15)14-6-4-3-5-11(14)13(16)17-2/h7-8,11H,3-6H2,1-2H3/t11-/m1/s1. The minimum atomic E-state index is -0.421. The van der Waals surface area contributed by atoms with Gasteiger partial charge in [-0.3, -0.25) is 4.79 Å². The molecule has 0 aromatic carbocycles. The molecule has 0 saturated carbocycles. The topological polar surface area (TPSA) is 46.6 Å². The minimum absolute atomic E-state index is 0.0520. The number of piperidine rings is 1. The van der Waals surface area contributed by atoms with E-state index in [0.717, 1.165) is 18.4 Å². The third kappa shape index (κ3) is 2.41. The lowest BCUT2D eigenvalue weighted by molar-refractivity contribution is -0.147. The van der Waals surface area contributed by atoms with Gasteiger partial charge in [0.05, 0.1) is 12.7 Å². The van der Waals surface area contributed by atoms with E-state index in [2.05, 4.69) is 0 Å². The Morgan fingerprint density at radius 1 is 1.39 bits per heavy atom. The van der Waals surface area contributed by atoms with Gasteiger partial charge in [0.2, 0.25) is 0 Å². The van der Waals surface area contributed by atoms with Crippen LogP contribution in [0.1, 0.15) is 35.2 Å². The number of carbonyl (C=O) groups is 2. The molecule has 0 bridgehead atoms. The number of aryl methyl sites for hydroxylation is 1. The molecule has 1 aliphatic rings. The summed E-state index contributed by atoms with van der Waals surface area (Å²) in [6.45, 7) is 2.55. The molecule has 4 nitrogen and oxygen atoms in total. The van der Waals surface area contributed by atoms with Gasteiger partial charge in [-0.2, -0.15) is 11.3 Å². The number of methoxy groups -OCH3 is 1. The van der Waals surface area contributed by atoms with Gasteiger partial charge in [0.1, 0.15) is 6.04 Å². The average molecular weight is 267 g/mol. The van der Waals surface area contributed by atoms with Crippen LogP contribution in [-0.4, -0.2) is 36.5 Å². The molecule has 0 unspecified atom stereocenters. The first-order chi connectivity index (χ1) is 8.65. The molecule has 0 spiro atoms. The summed E-state index contributed by atoms with van der Waals surface area (Å²) in [4.78, 5) is 25.8. The highest BCUT2D eigenvalue weighted by Gasteiger charge is 2.33. The van der Waals surface area contributed by atoms with Crippen molar-refractivity contribution in [1.82, 2.24) is 4.90 Å². The summed E-state index contributed by atoms with van der Waals surface area (Å²) < 4.78 is 4.79. The summed E-state index contributed by atoms with van der Waals surface area (Å²) in [6, 6.07) is -0.421. The van der Waals surface area contributed by atoms with Gasteiger partial charge in [0.25, 0.3) is 5.91 Å². The zero-order valence-electron chi connectivity index (χ0n) is 10.6. The molecular weight excluding hydrogens is 250 g/mol. The summed E-state index contributed by atoms with van der Waals surface area (Å²) in [5, 5.41) is 3.80. The summed E-state index contributed by atoms with van der Waals surface area (Å²) in [6.07, 6.45) is 2.61. The van der Waals surface area contributed by atoms with E-state index >= 15 is 0 Å². The van der Waals surface area contributed by atoms with E-state index in [1.54, 1.807) is 4.90 Å². The van der Waals surface area contributed by atoms with E-state index in [1.165, 1.54) is 18.4 Å². The monoisotopic (exact) mass is 267 g/mol. The molecule has 5 heteroatoms. The molecule has 1 saturated heterocycles. The van der Waals surface area contributed by atoms with E-state index in [-0.39, 0.29) is 11.9 Å². The lowest BCUT2D eigenvalue weighted by Crippen LogP contribution is -2.48. The zero-order valence-corrected chi connectivity index (χ0v) is 11.5. The quantitative estimate of drug-likeness (QED) is 0.772. The fourth-order valence-corrected chi connectivity index (χ4v) is 3.11. The largest absolute Gasteiger partial charge is 0.467 e. The van der Waals surface area contributed by atoms with Crippen molar-refractivity contribution in [3.8, 4) is 0 Å². The highest BCUT2D eigenvalue weighted by molar-refractivity contribution is 7.08. The number of carbonyl (C=O) groups excluding carboxylic acids is 2. The Balaban J connectivity index is 2.21. The molecule has 18 heavy (non-hydrogen) atoms. The number of hydrogen-bond acceptors (Lipinski definition) is 4. The second-order valence-electron chi connectivity index (χ2n) is 4.50. The molecule has 1 amide bonds. The first-order valence-corrected chi connectivity index (χ1v) is 7.01.